The van der Waals surface area contributed by atoms with Gasteiger partial charge in [0.1, 0.15) is 11.5 Å². The lowest BCUT2D eigenvalue weighted by Gasteiger charge is -2.27. The maximum Gasteiger partial charge on any atom is 0.123 e. The molecule has 0 aliphatic heterocycles. The first kappa shape index (κ1) is 17.8. The summed E-state index contributed by atoms with van der Waals surface area (Å²) in [5, 5.41) is 3.64. The number of hydrogen-bond acceptors (Lipinski definition) is 4. The van der Waals surface area contributed by atoms with Crippen molar-refractivity contribution in [3.05, 3.63) is 23.8 Å². The van der Waals surface area contributed by atoms with Crippen molar-refractivity contribution in [2.24, 2.45) is 0 Å². The molecule has 0 spiro atoms. The molecule has 21 heavy (non-hydrogen) atoms. The van der Waals surface area contributed by atoms with Crippen LogP contribution in [-0.4, -0.2) is 44.8 Å². The van der Waals surface area contributed by atoms with Gasteiger partial charge in [-0.25, -0.2) is 0 Å². The van der Waals surface area contributed by atoms with E-state index in [9.17, 15) is 0 Å². The highest BCUT2D eigenvalue weighted by Gasteiger charge is 2.16. The number of nitrogens with zero attached hydrogens (tertiary/aromatic N) is 1. The van der Waals surface area contributed by atoms with Gasteiger partial charge in [-0.1, -0.05) is 13.8 Å². The van der Waals surface area contributed by atoms with Gasteiger partial charge in [-0.3, -0.25) is 0 Å². The Morgan fingerprint density at radius 2 is 1.76 bits per heavy atom. The summed E-state index contributed by atoms with van der Waals surface area (Å²) in [6, 6.07) is 6.55. The molecule has 2 unspecified atom stereocenters. The van der Waals surface area contributed by atoms with E-state index in [1.165, 1.54) is 0 Å². The monoisotopic (exact) mass is 294 g/mol. The maximum absolute atomic E-state index is 5.46. The SMILES string of the molecule is CCN(CC)CC(C)NC(C)c1cc(OC)ccc1OC. The van der Waals surface area contributed by atoms with Gasteiger partial charge in [-0.15, -0.1) is 0 Å². The summed E-state index contributed by atoms with van der Waals surface area (Å²) in [4.78, 5) is 2.42. The second kappa shape index (κ2) is 8.90. The molecule has 0 saturated carbocycles. The van der Waals surface area contributed by atoms with Gasteiger partial charge in [-0.05, 0) is 45.1 Å². The van der Waals surface area contributed by atoms with Crippen LogP contribution in [0.15, 0.2) is 18.2 Å². The molecule has 0 amide bonds. The molecule has 0 aliphatic carbocycles. The highest BCUT2D eigenvalue weighted by molar-refractivity contribution is 5.42. The van der Waals surface area contributed by atoms with Crippen LogP contribution in [0.2, 0.25) is 0 Å². The Morgan fingerprint density at radius 3 is 2.29 bits per heavy atom. The van der Waals surface area contributed by atoms with E-state index in [1.807, 2.05) is 18.2 Å². The normalized spacial score (nSPS) is 14.0. The molecular formula is C17H30N2O2. The lowest BCUT2D eigenvalue weighted by atomic mass is 10.1. The highest BCUT2D eigenvalue weighted by Crippen LogP contribution is 2.29. The summed E-state index contributed by atoms with van der Waals surface area (Å²) in [5.74, 6) is 1.75. The van der Waals surface area contributed by atoms with Crippen molar-refractivity contribution in [1.29, 1.82) is 0 Å². The van der Waals surface area contributed by atoms with Crippen LogP contribution < -0.4 is 14.8 Å². The molecule has 0 bridgehead atoms. The molecule has 1 N–H and O–H groups in total. The zero-order chi connectivity index (χ0) is 15.8. The van der Waals surface area contributed by atoms with Gasteiger partial charge in [0.25, 0.3) is 0 Å². The number of rotatable bonds is 9. The summed E-state index contributed by atoms with van der Waals surface area (Å²) in [6.45, 7) is 12.0. The molecule has 1 aromatic carbocycles. The lowest BCUT2D eigenvalue weighted by Crippen LogP contribution is -2.40. The first-order chi connectivity index (χ1) is 10.0. The number of hydrogen-bond donors (Lipinski definition) is 1. The first-order valence-electron chi connectivity index (χ1n) is 7.75. The predicted molar refractivity (Wildman–Crippen MR) is 88.3 cm³/mol. The lowest BCUT2D eigenvalue weighted by molar-refractivity contribution is 0.263. The molecular weight excluding hydrogens is 264 g/mol. The van der Waals surface area contributed by atoms with Crippen LogP contribution in [0.5, 0.6) is 11.5 Å². The van der Waals surface area contributed by atoms with Crippen molar-refractivity contribution < 1.29 is 9.47 Å². The molecule has 0 aromatic heterocycles. The molecule has 0 fully saturated rings. The van der Waals surface area contributed by atoms with E-state index in [4.69, 9.17) is 9.47 Å². The number of methoxy groups -OCH3 is 2. The largest absolute Gasteiger partial charge is 0.497 e. The minimum atomic E-state index is 0.209. The average Bonchev–Trinajstić information content (AvgIpc) is 2.51. The number of likely N-dealkylation sites (N-methyl/N-ethyl adjacent to an activating group) is 1. The molecule has 4 nitrogen and oxygen atoms in total. The molecule has 0 radical (unpaired) electrons. The quantitative estimate of drug-likeness (QED) is 0.759. The van der Waals surface area contributed by atoms with Crippen LogP contribution in [0, 0.1) is 0 Å². The summed E-state index contributed by atoms with van der Waals surface area (Å²) in [5.41, 5.74) is 1.13. The number of ether oxygens (including phenoxy) is 2. The van der Waals surface area contributed by atoms with Gasteiger partial charge in [0.15, 0.2) is 0 Å². The van der Waals surface area contributed by atoms with E-state index in [0.29, 0.717) is 6.04 Å². The maximum atomic E-state index is 5.46. The van der Waals surface area contributed by atoms with Crippen molar-refractivity contribution in [3.8, 4) is 11.5 Å². The van der Waals surface area contributed by atoms with Crippen LogP contribution in [0.1, 0.15) is 39.3 Å². The molecule has 1 rings (SSSR count). The standard InChI is InChI=1S/C17H30N2O2/c1-7-19(8-2)12-13(3)18-14(4)16-11-15(20-5)9-10-17(16)21-6/h9-11,13-14,18H,7-8,12H2,1-6H3. The molecule has 120 valence electrons. The molecule has 0 saturated heterocycles. The highest BCUT2D eigenvalue weighted by atomic mass is 16.5. The summed E-state index contributed by atoms with van der Waals surface area (Å²) in [6.07, 6.45) is 0. The summed E-state index contributed by atoms with van der Waals surface area (Å²) >= 11 is 0. The molecule has 0 heterocycles. The van der Waals surface area contributed by atoms with Crippen LogP contribution in [0.4, 0.5) is 0 Å². The van der Waals surface area contributed by atoms with Gasteiger partial charge in [0, 0.05) is 24.2 Å². The van der Waals surface area contributed by atoms with Gasteiger partial charge in [0.05, 0.1) is 14.2 Å². The minimum absolute atomic E-state index is 0.209. The first-order valence-corrected chi connectivity index (χ1v) is 7.75. The van der Waals surface area contributed by atoms with Crippen molar-refractivity contribution in [2.75, 3.05) is 33.9 Å². The second-order valence-electron chi connectivity index (χ2n) is 5.38. The summed E-state index contributed by atoms with van der Waals surface area (Å²) < 4.78 is 10.8. The fourth-order valence-electron chi connectivity index (χ4n) is 2.62. The summed E-state index contributed by atoms with van der Waals surface area (Å²) in [7, 11) is 3.39. The Kier molecular flexibility index (Phi) is 7.54. The predicted octanol–water partition coefficient (Wildman–Crippen LogP) is 3.08. The second-order valence-corrected chi connectivity index (χ2v) is 5.38. The zero-order valence-corrected chi connectivity index (χ0v) is 14.3. The molecule has 1 aromatic rings. The Bertz CT molecular complexity index is 419. The van der Waals surface area contributed by atoms with E-state index in [-0.39, 0.29) is 6.04 Å². The third kappa shape index (κ3) is 5.21. The Labute approximate surface area is 129 Å². The zero-order valence-electron chi connectivity index (χ0n) is 14.3. The van der Waals surface area contributed by atoms with E-state index in [0.717, 1.165) is 36.7 Å². The minimum Gasteiger partial charge on any atom is -0.497 e. The average molecular weight is 294 g/mol. The Hall–Kier alpha value is -1.26. The van der Waals surface area contributed by atoms with Gasteiger partial charge in [-0.2, -0.15) is 0 Å². The Morgan fingerprint density at radius 1 is 1.10 bits per heavy atom. The smallest absolute Gasteiger partial charge is 0.123 e. The van der Waals surface area contributed by atoms with Crippen molar-refractivity contribution in [1.82, 2.24) is 10.2 Å². The topological polar surface area (TPSA) is 33.7 Å². The van der Waals surface area contributed by atoms with Crippen LogP contribution in [-0.2, 0) is 0 Å². The number of benzene rings is 1. The fourth-order valence-corrected chi connectivity index (χ4v) is 2.62. The fraction of sp³-hybridized carbons (Fsp3) is 0.647. The van der Waals surface area contributed by atoms with Gasteiger partial charge < -0.3 is 19.7 Å². The van der Waals surface area contributed by atoms with Gasteiger partial charge in [0.2, 0.25) is 0 Å². The van der Waals surface area contributed by atoms with Gasteiger partial charge >= 0.3 is 0 Å². The van der Waals surface area contributed by atoms with Crippen LogP contribution >= 0.6 is 0 Å². The van der Waals surface area contributed by atoms with Crippen molar-refractivity contribution >= 4 is 0 Å². The Balaban J connectivity index is 2.76. The third-order valence-electron chi connectivity index (χ3n) is 3.86. The molecule has 0 aliphatic rings. The number of nitrogens with one attached hydrogen (secondary N) is 1. The van der Waals surface area contributed by atoms with Crippen LogP contribution in [0.25, 0.3) is 0 Å². The molecule has 2 atom stereocenters. The van der Waals surface area contributed by atoms with Crippen molar-refractivity contribution in [3.63, 3.8) is 0 Å². The van der Waals surface area contributed by atoms with E-state index < -0.39 is 0 Å². The van der Waals surface area contributed by atoms with Crippen LogP contribution in [0.3, 0.4) is 0 Å². The van der Waals surface area contributed by atoms with E-state index in [2.05, 4.69) is 37.9 Å². The molecule has 4 heteroatoms. The third-order valence-corrected chi connectivity index (χ3v) is 3.86. The van der Waals surface area contributed by atoms with E-state index in [1.54, 1.807) is 14.2 Å². The van der Waals surface area contributed by atoms with Crippen molar-refractivity contribution in [2.45, 2.75) is 39.8 Å². The van der Waals surface area contributed by atoms with E-state index >= 15 is 0 Å².